The minimum Gasteiger partial charge on any atom is -0.370 e. The Morgan fingerprint density at radius 1 is 1.75 bits per heavy atom. The molecule has 0 aromatic rings. The summed E-state index contributed by atoms with van der Waals surface area (Å²) in [6.07, 6.45) is 4.43. The van der Waals surface area contributed by atoms with E-state index in [1.165, 1.54) is 12.2 Å². The predicted octanol–water partition coefficient (Wildman–Crippen LogP) is 1.46. The Balaban J connectivity index is 2.66. The van der Waals surface area contributed by atoms with Crippen molar-refractivity contribution >= 4 is 5.91 Å². The Morgan fingerprint density at radius 2 is 2.42 bits per heavy atom. The molecule has 0 fully saturated rings. The van der Waals surface area contributed by atoms with Gasteiger partial charge in [0.05, 0.1) is 0 Å². The third-order valence-electron chi connectivity index (χ3n) is 1.71. The van der Waals surface area contributed by atoms with Gasteiger partial charge in [-0.3, -0.25) is 4.79 Å². The predicted molar refractivity (Wildman–Crippen MR) is 44.8 cm³/mol. The first kappa shape index (κ1) is 8.71. The van der Waals surface area contributed by atoms with Crippen molar-refractivity contribution in [2.24, 2.45) is 11.7 Å². The van der Waals surface area contributed by atoms with Crippen LogP contribution in [0.4, 0.5) is 4.39 Å². The summed E-state index contributed by atoms with van der Waals surface area (Å²) in [6.45, 7) is 3.62. The van der Waals surface area contributed by atoms with Gasteiger partial charge in [0.25, 0.3) is 0 Å². The lowest BCUT2D eigenvalue weighted by Crippen LogP contribution is -2.16. The molecule has 1 rings (SSSR count). The highest BCUT2D eigenvalue weighted by Crippen LogP contribution is 2.23. The van der Waals surface area contributed by atoms with Crippen molar-refractivity contribution in [3.63, 3.8) is 0 Å². The van der Waals surface area contributed by atoms with Gasteiger partial charge in [-0.15, -0.1) is 0 Å². The maximum absolute atomic E-state index is 12.5. The van der Waals surface area contributed by atoms with Gasteiger partial charge in [0, 0.05) is 12.3 Å². The molecule has 0 aromatic heterocycles. The zero-order valence-corrected chi connectivity index (χ0v) is 6.59. The molecule has 2 N–H and O–H groups in total. The molecule has 1 aliphatic carbocycles. The molecule has 1 atom stereocenters. The van der Waals surface area contributed by atoms with Gasteiger partial charge in [-0.25, -0.2) is 4.39 Å². The van der Waals surface area contributed by atoms with Gasteiger partial charge in [-0.1, -0.05) is 12.7 Å². The van der Waals surface area contributed by atoms with E-state index in [2.05, 4.69) is 6.58 Å². The molecule has 2 nitrogen and oxygen atoms in total. The Kier molecular flexibility index (Phi) is 2.43. The summed E-state index contributed by atoms with van der Waals surface area (Å²) in [4.78, 5) is 10.5. The number of amides is 1. The van der Waals surface area contributed by atoms with Gasteiger partial charge in [-0.05, 0) is 17.7 Å². The van der Waals surface area contributed by atoms with Crippen LogP contribution in [0.5, 0.6) is 0 Å². The molecule has 0 heterocycles. The fraction of sp³-hybridized carbons (Fsp3) is 0.222. The first-order chi connectivity index (χ1) is 5.59. The summed E-state index contributed by atoms with van der Waals surface area (Å²) in [6, 6.07) is 0. The largest absolute Gasteiger partial charge is 0.370 e. The van der Waals surface area contributed by atoms with Crippen molar-refractivity contribution in [3.05, 3.63) is 36.2 Å². The van der Waals surface area contributed by atoms with Gasteiger partial charge < -0.3 is 5.73 Å². The van der Waals surface area contributed by atoms with E-state index in [0.717, 1.165) is 0 Å². The van der Waals surface area contributed by atoms with E-state index in [4.69, 9.17) is 5.73 Å². The second-order valence-electron chi connectivity index (χ2n) is 2.74. The second-order valence-corrected chi connectivity index (χ2v) is 2.74. The quantitative estimate of drug-likeness (QED) is 0.664. The number of hydrogen-bond acceptors (Lipinski definition) is 1. The second kappa shape index (κ2) is 3.34. The summed E-state index contributed by atoms with van der Waals surface area (Å²) < 4.78 is 12.5. The van der Waals surface area contributed by atoms with Crippen molar-refractivity contribution in [1.82, 2.24) is 0 Å². The van der Waals surface area contributed by atoms with Crippen molar-refractivity contribution in [2.75, 3.05) is 0 Å². The fourth-order valence-electron chi connectivity index (χ4n) is 1.08. The molecule has 64 valence electrons. The lowest BCUT2D eigenvalue weighted by Gasteiger charge is -2.13. The standard InChI is InChI=1S/C9H10FNO/c1-6-4-8(10)3-2-7(6)5-9(11)12/h2-4,7H,1,5H2,(H2,11,12). The molecule has 1 unspecified atom stereocenters. The van der Waals surface area contributed by atoms with Gasteiger partial charge in [-0.2, -0.15) is 0 Å². The molecule has 0 bridgehead atoms. The van der Waals surface area contributed by atoms with Gasteiger partial charge in [0.15, 0.2) is 0 Å². The Hall–Kier alpha value is -1.38. The van der Waals surface area contributed by atoms with Crippen LogP contribution in [0.1, 0.15) is 6.42 Å². The average molecular weight is 167 g/mol. The average Bonchev–Trinajstić information content (AvgIpc) is 1.94. The molecule has 0 aliphatic heterocycles. The van der Waals surface area contributed by atoms with Crippen LogP contribution in [0.25, 0.3) is 0 Å². The number of primary amides is 1. The number of allylic oxidation sites excluding steroid dienone is 5. The van der Waals surface area contributed by atoms with Crippen molar-refractivity contribution < 1.29 is 9.18 Å². The number of nitrogens with two attached hydrogens (primary N) is 1. The molecule has 0 aromatic carbocycles. The zero-order chi connectivity index (χ0) is 9.14. The summed E-state index contributed by atoms with van der Waals surface area (Å²) in [5, 5.41) is 0. The summed E-state index contributed by atoms with van der Waals surface area (Å²) in [5.74, 6) is -0.871. The minimum absolute atomic E-state index is 0.137. The zero-order valence-electron chi connectivity index (χ0n) is 6.59. The first-order valence-corrected chi connectivity index (χ1v) is 3.62. The van der Waals surface area contributed by atoms with Crippen LogP contribution in [-0.4, -0.2) is 5.91 Å². The number of halogens is 1. The van der Waals surface area contributed by atoms with Crippen LogP contribution >= 0.6 is 0 Å². The summed E-state index contributed by atoms with van der Waals surface area (Å²) in [7, 11) is 0. The highest BCUT2D eigenvalue weighted by atomic mass is 19.1. The third kappa shape index (κ3) is 2.05. The van der Waals surface area contributed by atoms with Crippen LogP contribution < -0.4 is 5.73 Å². The Morgan fingerprint density at radius 3 is 2.92 bits per heavy atom. The maximum Gasteiger partial charge on any atom is 0.218 e. The van der Waals surface area contributed by atoms with E-state index >= 15 is 0 Å². The van der Waals surface area contributed by atoms with Crippen molar-refractivity contribution in [1.29, 1.82) is 0 Å². The van der Waals surface area contributed by atoms with E-state index in [1.807, 2.05) is 0 Å². The summed E-state index contributed by atoms with van der Waals surface area (Å²) in [5.41, 5.74) is 5.58. The normalized spacial score (nSPS) is 22.2. The molecular formula is C9H10FNO. The van der Waals surface area contributed by atoms with Crippen LogP contribution in [0.15, 0.2) is 36.2 Å². The highest BCUT2D eigenvalue weighted by molar-refractivity contribution is 5.75. The molecular weight excluding hydrogens is 157 g/mol. The van der Waals surface area contributed by atoms with Crippen LogP contribution in [-0.2, 0) is 4.79 Å². The number of carbonyl (C=O) groups is 1. The molecule has 12 heavy (non-hydrogen) atoms. The number of carbonyl (C=O) groups excluding carboxylic acids is 1. The van der Waals surface area contributed by atoms with E-state index in [9.17, 15) is 9.18 Å². The topological polar surface area (TPSA) is 43.1 Å². The Labute approximate surface area is 70.3 Å². The van der Waals surface area contributed by atoms with Crippen LogP contribution in [0.3, 0.4) is 0 Å². The highest BCUT2D eigenvalue weighted by Gasteiger charge is 2.14. The van der Waals surface area contributed by atoms with Crippen molar-refractivity contribution in [2.45, 2.75) is 6.42 Å². The lowest BCUT2D eigenvalue weighted by atomic mass is 9.92. The van der Waals surface area contributed by atoms with Gasteiger partial charge in [0.2, 0.25) is 5.91 Å². The molecule has 1 aliphatic rings. The van der Waals surface area contributed by atoms with Gasteiger partial charge >= 0.3 is 0 Å². The number of hydrogen-bond donors (Lipinski definition) is 1. The molecule has 1 amide bonds. The third-order valence-corrected chi connectivity index (χ3v) is 1.71. The molecule has 0 saturated heterocycles. The van der Waals surface area contributed by atoms with E-state index in [0.29, 0.717) is 5.57 Å². The minimum atomic E-state index is -0.401. The van der Waals surface area contributed by atoms with E-state index in [-0.39, 0.29) is 18.2 Å². The Bertz CT molecular complexity index is 278. The lowest BCUT2D eigenvalue weighted by molar-refractivity contribution is -0.118. The number of rotatable bonds is 2. The SMILES string of the molecule is C=C1C=C(F)C=CC1CC(N)=O. The van der Waals surface area contributed by atoms with Crippen LogP contribution in [0.2, 0.25) is 0 Å². The summed E-state index contributed by atoms with van der Waals surface area (Å²) >= 11 is 0. The monoisotopic (exact) mass is 167 g/mol. The van der Waals surface area contributed by atoms with Gasteiger partial charge in [0.1, 0.15) is 5.83 Å². The molecule has 3 heteroatoms. The fourth-order valence-corrected chi connectivity index (χ4v) is 1.08. The van der Waals surface area contributed by atoms with Crippen molar-refractivity contribution in [3.8, 4) is 0 Å². The van der Waals surface area contributed by atoms with E-state index in [1.54, 1.807) is 6.08 Å². The first-order valence-electron chi connectivity index (χ1n) is 3.62. The van der Waals surface area contributed by atoms with Crippen LogP contribution in [0, 0.1) is 5.92 Å². The molecule has 0 radical (unpaired) electrons. The maximum atomic E-state index is 12.5. The smallest absolute Gasteiger partial charge is 0.218 e. The molecule has 0 spiro atoms. The van der Waals surface area contributed by atoms with E-state index < -0.39 is 5.91 Å². The molecule has 0 saturated carbocycles.